The molecule has 16 heavy (non-hydrogen) atoms. The molecular formula is C11H21ClNO3+. The van der Waals surface area contributed by atoms with Crippen LogP contribution in [-0.2, 0) is 9.53 Å². The Hall–Kier alpha value is -0.580. The van der Waals surface area contributed by atoms with Gasteiger partial charge in [0.05, 0.1) is 14.1 Å². The fourth-order valence-electron chi connectivity index (χ4n) is 1.09. The van der Waals surface area contributed by atoms with Crippen LogP contribution in [-0.4, -0.2) is 54.9 Å². The Morgan fingerprint density at radius 2 is 2.12 bits per heavy atom. The number of carbonyl (C=O) groups is 1. The number of aliphatic hydroxyl groups is 1. The Labute approximate surface area is 102 Å². The number of hydrogen-bond donors (Lipinski definition) is 1. The van der Waals surface area contributed by atoms with E-state index in [1.54, 1.807) is 6.92 Å². The van der Waals surface area contributed by atoms with Gasteiger partial charge in [-0.25, -0.2) is 4.79 Å². The molecule has 0 fully saturated rings. The van der Waals surface area contributed by atoms with Crippen LogP contribution in [0.5, 0.6) is 0 Å². The number of carbonyl (C=O) groups excluding carboxylic acids is 1. The first-order chi connectivity index (χ1) is 7.31. The van der Waals surface area contributed by atoms with Gasteiger partial charge in [0.25, 0.3) is 0 Å². The topological polar surface area (TPSA) is 46.5 Å². The van der Waals surface area contributed by atoms with Crippen LogP contribution < -0.4 is 0 Å². The van der Waals surface area contributed by atoms with Crippen LogP contribution in [0.2, 0.25) is 0 Å². The molecule has 0 bridgehead atoms. The summed E-state index contributed by atoms with van der Waals surface area (Å²) in [7, 11) is 3.73. The van der Waals surface area contributed by atoms with Crippen molar-refractivity contribution >= 4 is 17.6 Å². The number of halogens is 1. The van der Waals surface area contributed by atoms with E-state index < -0.39 is 12.2 Å². The normalized spacial score (nSPS) is 13.3. The predicted octanol–water partition coefficient (Wildman–Crippen LogP) is 1.13. The van der Waals surface area contributed by atoms with E-state index in [9.17, 15) is 9.90 Å². The van der Waals surface area contributed by atoms with Gasteiger partial charge in [0.15, 0.2) is 6.23 Å². The predicted molar refractivity (Wildman–Crippen MR) is 64.1 cm³/mol. The number of nitrogens with zero attached hydrogens (tertiary/aromatic N) is 1. The monoisotopic (exact) mass is 250 g/mol. The number of aliphatic hydroxyl groups excluding tert-OH is 1. The first-order valence-corrected chi connectivity index (χ1v) is 5.74. The summed E-state index contributed by atoms with van der Waals surface area (Å²) in [6, 6.07) is 0. The van der Waals surface area contributed by atoms with Gasteiger partial charge < -0.3 is 14.3 Å². The van der Waals surface area contributed by atoms with Crippen molar-refractivity contribution in [2.45, 2.75) is 19.6 Å². The highest BCUT2D eigenvalue weighted by Crippen LogP contribution is 2.08. The minimum absolute atomic E-state index is 0.262. The molecule has 0 amide bonds. The van der Waals surface area contributed by atoms with Gasteiger partial charge in [0.2, 0.25) is 0 Å². The van der Waals surface area contributed by atoms with Crippen molar-refractivity contribution in [1.29, 1.82) is 0 Å². The van der Waals surface area contributed by atoms with E-state index in [0.29, 0.717) is 28.9 Å². The van der Waals surface area contributed by atoms with E-state index in [-0.39, 0.29) is 6.61 Å². The highest BCUT2D eigenvalue weighted by molar-refractivity contribution is 6.17. The third-order valence-electron chi connectivity index (χ3n) is 2.42. The van der Waals surface area contributed by atoms with E-state index in [1.807, 2.05) is 14.1 Å². The van der Waals surface area contributed by atoms with Crippen molar-refractivity contribution in [2.24, 2.45) is 0 Å². The molecule has 0 aliphatic heterocycles. The SMILES string of the molecule is C=C(C)C(=O)OCC[N+](C)(C)C(O)CCCl. The quantitative estimate of drug-likeness (QED) is 0.242. The fraction of sp³-hybridized carbons (Fsp3) is 0.727. The molecule has 0 aliphatic carbocycles. The van der Waals surface area contributed by atoms with Crippen LogP contribution >= 0.6 is 11.6 Å². The van der Waals surface area contributed by atoms with Gasteiger partial charge in [-0.2, -0.15) is 0 Å². The molecule has 0 aromatic rings. The van der Waals surface area contributed by atoms with Gasteiger partial charge >= 0.3 is 5.97 Å². The van der Waals surface area contributed by atoms with Crippen LogP contribution in [0.4, 0.5) is 0 Å². The van der Waals surface area contributed by atoms with Crippen molar-refractivity contribution in [2.75, 3.05) is 33.1 Å². The molecule has 0 radical (unpaired) electrons. The molecule has 1 atom stereocenters. The first kappa shape index (κ1) is 15.4. The van der Waals surface area contributed by atoms with Gasteiger partial charge in [0, 0.05) is 17.9 Å². The molecule has 5 heteroatoms. The lowest BCUT2D eigenvalue weighted by atomic mass is 10.3. The highest BCUT2D eigenvalue weighted by atomic mass is 35.5. The Kier molecular flexibility index (Phi) is 6.64. The lowest BCUT2D eigenvalue weighted by molar-refractivity contribution is -0.936. The Bertz CT molecular complexity index is 254. The zero-order chi connectivity index (χ0) is 12.8. The lowest BCUT2D eigenvalue weighted by Crippen LogP contribution is -2.51. The zero-order valence-electron chi connectivity index (χ0n) is 10.2. The number of hydrogen-bond acceptors (Lipinski definition) is 3. The average molecular weight is 251 g/mol. The summed E-state index contributed by atoms with van der Waals surface area (Å²) in [6.45, 7) is 5.89. The average Bonchev–Trinajstić information content (AvgIpc) is 2.17. The second kappa shape index (κ2) is 6.89. The molecule has 0 rings (SSSR count). The summed E-state index contributed by atoms with van der Waals surface area (Å²) >= 11 is 5.56. The number of alkyl halides is 1. The summed E-state index contributed by atoms with van der Waals surface area (Å²) in [6.07, 6.45) is -0.0239. The van der Waals surface area contributed by atoms with Crippen LogP contribution in [0, 0.1) is 0 Å². The zero-order valence-corrected chi connectivity index (χ0v) is 11.0. The van der Waals surface area contributed by atoms with E-state index in [0.717, 1.165) is 0 Å². The maximum absolute atomic E-state index is 11.1. The maximum atomic E-state index is 11.1. The van der Waals surface area contributed by atoms with Gasteiger partial charge in [0.1, 0.15) is 13.2 Å². The van der Waals surface area contributed by atoms with Gasteiger partial charge in [-0.05, 0) is 6.92 Å². The van der Waals surface area contributed by atoms with Crippen molar-refractivity contribution in [1.82, 2.24) is 0 Å². The molecule has 4 nitrogen and oxygen atoms in total. The van der Waals surface area contributed by atoms with Gasteiger partial charge in [-0.1, -0.05) is 6.58 Å². The van der Waals surface area contributed by atoms with E-state index in [4.69, 9.17) is 16.3 Å². The summed E-state index contributed by atoms with van der Waals surface area (Å²) in [5.74, 6) is 0.0147. The molecule has 0 aliphatic rings. The lowest BCUT2D eigenvalue weighted by Gasteiger charge is -2.34. The van der Waals surface area contributed by atoms with Gasteiger partial charge in [-0.15, -0.1) is 11.6 Å². The number of likely N-dealkylation sites (N-methyl/N-ethyl adjacent to an activating group) is 1. The van der Waals surface area contributed by atoms with Gasteiger partial charge in [-0.3, -0.25) is 0 Å². The van der Waals surface area contributed by atoms with Crippen LogP contribution in [0.25, 0.3) is 0 Å². The smallest absolute Gasteiger partial charge is 0.333 e. The van der Waals surface area contributed by atoms with Crippen LogP contribution in [0.1, 0.15) is 13.3 Å². The maximum Gasteiger partial charge on any atom is 0.333 e. The molecule has 0 saturated carbocycles. The molecule has 0 aromatic heterocycles. The molecule has 0 saturated heterocycles. The summed E-state index contributed by atoms with van der Waals surface area (Å²) in [5.41, 5.74) is 0.381. The molecule has 0 aromatic carbocycles. The van der Waals surface area contributed by atoms with Crippen LogP contribution in [0.3, 0.4) is 0 Å². The van der Waals surface area contributed by atoms with E-state index in [2.05, 4.69) is 6.58 Å². The second-order valence-electron chi connectivity index (χ2n) is 4.38. The van der Waals surface area contributed by atoms with Crippen molar-refractivity contribution in [3.05, 3.63) is 12.2 Å². The third kappa shape index (κ3) is 5.49. The third-order valence-corrected chi connectivity index (χ3v) is 2.64. The minimum Gasteiger partial charge on any atom is -0.456 e. The largest absolute Gasteiger partial charge is 0.456 e. The molecule has 0 spiro atoms. The Morgan fingerprint density at radius 1 is 1.56 bits per heavy atom. The molecule has 94 valence electrons. The van der Waals surface area contributed by atoms with Crippen molar-refractivity contribution in [3.8, 4) is 0 Å². The Balaban J connectivity index is 3.99. The number of esters is 1. The fourth-order valence-corrected chi connectivity index (χ4v) is 1.29. The summed E-state index contributed by atoms with van der Waals surface area (Å²) < 4.78 is 5.33. The van der Waals surface area contributed by atoms with Crippen molar-refractivity contribution in [3.63, 3.8) is 0 Å². The minimum atomic E-state index is -0.541. The molecule has 1 unspecified atom stereocenters. The summed E-state index contributed by atoms with van der Waals surface area (Å²) in [5, 5.41) is 9.78. The standard InChI is InChI=1S/C11H21ClNO3/c1-9(2)11(15)16-8-7-13(3,4)10(14)5-6-12/h10,14H,1,5-8H2,2-4H3/q+1. The second-order valence-corrected chi connectivity index (χ2v) is 4.75. The highest BCUT2D eigenvalue weighted by Gasteiger charge is 2.25. The summed E-state index contributed by atoms with van der Waals surface area (Å²) in [4.78, 5) is 11.1. The number of quaternary nitrogens is 1. The molecule has 0 heterocycles. The number of rotatable bonds is 7. The van der Waals surface area contributed by atoms with Crippen molar-refractivity contribution < 1.29 is 19.1 Å². The molecular weight excluding hydrogens is 230 g/mol. The molecule has 1 N–H and O–H groups in total. The van der Waals surface area contributed by atoms with Crippen LogP contribution in [0.15, 0.2) is 12.2 Å². The Morgan fingerprint density at radius 3 is 2.56 bits per heavy atom. The number of ether oxygens (including phenoxy) is 1. The van der Waals surface area contributed by atoms with E-state index in [1.165, 1.54) is 0 Å². The first-order valence-electron chi connectivity index (χ1n) is 5.20. The van der Waals surface area contributed by atoms with E-state index >= 15 is 0 Å².